The summed E-state index contributed by atoms with van der Waals surface area (Å²) in [4.78, 5) is 1.36. The van der Waals surface area contributed by atoms with Crippen LogP contribution in [0.4, 0.5) is 0 Å². The number of hydrogen-bond donors (Lipinski definition) is 2. The fourth-order valence-electron chi connectivity index (χ4n) is 1.58. The SMILES string of the molecule is COCC(C)CNS(=O)(=O)c1csc(CNC(C)C)c1. The van der Waals surface area contributed by atoms with E-state index in [2.05, 4.69) is 23.9 Å². The van der Waals surface area contributed by atoms with Gasteiger partial charge in [-0.05, 0) is 12.0 Å². The van der Waals surface area contributed by atoms with Crippen LogP contribution in [-0.2, 0) is 21.3 Å². The van der Waals surface area contributed by atoms with E-state index in [0.717, 1.165) is 4.88 Å². The van der Waals surface area contributed by atoms with Crippen molar-refractivity contribution in [3.63, 3.8) is 0 Å². The number of nitrogens with one attached hydrogen (secondary N) is 2. The lowest BCUT2D eigenvalue weighted by Crippen LogP contribution is -2.29. The highest BCUT2D eigenvalue weighted by molar-refractivity contribution is 7.89. The van der Waals surface area contributed by atoms with Crippen LogP contribution in [0.5, 0.6) is 0 Å². The predicted molar refractivity (Wildman–Crippen MR) is 82.5 cm³/mol. The third-order valence-corrected chi connectivity index (χ3v) is 5.19. The van der Waals surface area contributed by atoms with Crippen LogP contribution in [-0.4, -0.2) is 34.7 Å². The molecule has 7 heteroatoms. The van der Waals surface area contributed by atoms with Gasteiger partial charge in [-0.25, -0.2) is 13.1 Å². The minimum Gasteiger partial charge on any atom is -0.384 e. The largest absolute Gasteiger partial charge is 0.384 e. The monoisotopic (exact) mass is 320 g/mol. The van der Waals surface area contributed by atoms with Gasteiger partial charge in [0.25, 0.3) is 0 Å². The van der Waals surface area contributed by atoms with Crippen LogP contribution in [0.3, 0.4) is 0 Å². The minimum atomic E-state index is -3.41. The maximum atomic E-state index is 12.1. The van der Waals surface area contributed by atoms with Gasteiger partial charge in [0, 0.05) is 43.1 Å². The van der Waals surface area contributed by atoms with E-state index in [4.69, 9.17) is 4.74 Å². The molecule has 20 heavy (non-hydrogen) atoms. The molecule has 1 unspecified atom stereocenters. The number of ether oxygens (including phenoxy) is 1. The smallest absolute Gasteiger partial charge is 0.241 e. The molecule has 0 spiro atoms. The van der Waals surface area contributed by atoms with Crippen molar-refractivity contribution in [2.75, 3.05) is 20.3 Å². The second-order valence-corrected chi connectivity index (χ2v) is 7.96. The molecule has 5 nitrogen and oxygen atoms in total. The predicted octanol–water partition coefficient (Wildman–Crippen LogP) is 1.81. The fraction of sp³-hybridized carbons (Fsp3) is 0.692. The molecule has 0 aromatic carbocycles. The standard InChI is InChI=1S/C13H24N2O3S2/c1-10(2)14-7-12-5-13(9-19-12)20(16,17)15-6-11(3)8-18-4/h5,9-11,14-15H,6-8H2,1-4H3. The molecule has 0 fully saturated rings. The van der Waals surface area contributed by atoms with Crippen LogP contribution in [0, 0.1) is 5.92 Å². The van der Waals surface area contributed by atoms with Gasteiger partial charge in [-0.3, -0.25) is 0 Å². The summed E-state index contributed by atoms with van der Waals surface area (Å²) in [5, 5.41) is 4.95. The zero-order chi connectivity index (χ0) is 15.2. The Hall–Kier alpha value is -0.470. The van der Waals surface area contributed by atoms with E-state index in [1.54, 1.807) is 18.6 Å². The third kappa shape index (κ3) is 5.88. The average molecular weight is 320 g/mol. The summed E-state index contributed by atoms with van der Waals surface area (Å²) < 4.78 is 31.9. The molecular formula is C13H24N2O3S2. The summed E-state index contributed by atoms with van der Waals surface area (Å²) in [5.74, 6) is 0.149. The summed E-state index contributed by atoms with van der Waals surface area (Å²) in [6, 6.07) is 2.11. The third-order valence-electron chi connectivity index (χ3n) is 2.70. The van der Waals surface area contributed by atoms with Gasteiger partial charge in [-0.1, -0.05) is 20.8 Å². The number of methoxy groups -OCH3 is 1. The van der Waals surface area contributed by atoms with Gasteiger partial charge in [0.2, 0.25) is 10.0 Å². The Labute approximate surface area is 125 Å². The highest BCUT2D eigenvalue weighted by Gasteiger charge is 2.17. The molecule has 0 aliphatic heterocycles. The summed E-state index contributed by atoms with van der Waals surface area (Å²) in [5.41, 5.74) is 0. The molecule has 1 aromatic rings. The van der Waals surface area contributed by atoms with Gasteiger partial charge in [-0.15, -0.1) is 11.3 Å². The highest BCUT2D eigenvalue weighted by atomic mass is 32.2. The zero-order valence-electron chi connectivity index (χ0n) is 12.5. The van der Waals surface area contributed by atoms with Crippen molar-refractivity contribution in [3.8, 4) is 0 Å². The molecule has 1 heterocycles. The maximum absolute atomic E-state index is 12.1. The number of thiophene rings is 1. The molecule has 0 aliphatic carbocycles. The molecule has 0 saturated heterocycles. The first kappa shape index (κ1) is 17.6. The summed E-state index contributed by atoms with van der Waals surface area (Å²) in [6.07, 6.45) is 0. The van der Waals surface area contributed by atoms with Crippen LogP contribution >= 0.6 is 11.3 Å². The number of hydrogen-bond acceptors (Lipinski definition) is 5. The Morgan fingerprint density at radius 1 is 1.35 bits per heavy atom. The van der Waals surface area contributed by atoms with Crippen LogP contribution in [0.1, 0.15) is 25.6 Å². The maximum Gasteiger partial charge on any atom is 0.241 e. The van der Waals surface area contributed by atoms with Crippen molar-refractivity contribution in [2.45, 2.75) is 38.3 Å². The Balaban J connectivity index is 2.59. The van der Waals surface area contributed by atoms with Crippen molar-refractivity contribution in [1.82, 2.24) is 10.0 Å². The van der Waals surface area contributed by atoms with Gasteiger partial charge in [0.15, 0.2) is 0 Å². The van der Waals surface area contributed by atoms with Crippen molar-refractivity contribution >= 4 is 21.4 Å². The first-order chi connectivity index (χ1) is 9.35. The van der Waals surface area contributed by atoms with Gasteiger partial charge >= 0.3 is 0 Å². The van der Waals surface area contributed by atoms with Gasteiger partial charge < -0.3 is 10.1 Å². The van der Waals surface area contributed by atoms with Crippen molar-refractivity contribution in [1.29, 1.82) is 0 Å². The highest BCUT2D eigenvalue weighted by Crippen LogP contribution is 2.19. The summed E-state index contributed by atoms with van der Waals surface area (Å²) in [6.45, 7) is 7.67. The van der Waals surface area contributed by atoms with Crippen LogP contribution in [0.15, 0.2) is 16.3 Å². The Morgan fingerprint density at radius 3 is 2.65 bits per heavy atom. The zero-order valence-corrected chi connectivity index (χ0v) is 14.1. The summed E-state index contributed by atoms with van der Waals surface area (Å²) in [7, 11) is -1.81. The second kappa shape index (κ2) is 8.09. The molecule has 0 amide bonds. The van der Waals surface area contributed by atoms with E-state index in [9.17, 15) is 8.42 Å². The molecular weight excluding hydrogens is 296 g/mol. The van der Waals surface area contributed by atoms with Crippen molar-refractivity contribution in [3.05, 3.63) is 16.3 Å². The van der Waals surface area contributed by atoms with Gasteiger partial charge in [-0.2, -0.15) is 0 Å². The molecule has 1 aromatic heterocycles. The Bertz CT molecular complexity index is 497. The van der Waals surface area contributed by atoms with E-state index < -0.39 is 10.0 Å². The average Bonchev–Trinajstić information content (AvgIpc) is 2.84. The van der Waals surface area contributed by atoms with Crippen LogP contribution in [0.25, 0.3) is 0 Å². The van der Waals surface area contributed by atoms with Gasteiger partial charge in [0.05, 0.1) is 4.90 Å². The molecule has 1 atom stereocenters. The van der Waals surface area contributed by atoms with E-state index in [-0.39, 0.29) is 5.92 Å². The molecule has 0 aliphatic rings. The molecule has 2 N–H and O–H groups in total. The van der Waals surface area contributed by atoms with Gasteiger partial charge in [0.1, 0.15) is 0 Å². The molecule has 0 bridgehead atoms. The fourth-order valence-corrected chi connectivity index (χ4v) is 3.97. The first-order valence-corrected chi connectivity index (χ1v) is 9.01. The Morgan fingerprint density at radius 2 is 2.05 bits per heavy atom. The lowest BCUT2D eigenvalue weighted by atomic mass is 10.2. The second-order valence-electron chi connectivity index (χ2n) is 5.20. The number of rotatable bonds is 9. The van der Waals surface area contributed by atoms with Crippen molar-refractivity contribution < 1.29 is 13.2 Å². The van der Waals surface area contributed by atoms with Crippen LogP contribution in [0.2, 0.25) is 0 Å². The topological polar surface area (TPSA) is 67.4 Å². The van der Waals surface area contributed by atoms with E-state index >= 15 is 0 Å². The van der Waals surface area contributed by atoms with E-state index in [0.29, 0.717) is 30.6 Å². The molecule has 116 valence electrons. The van der Waals surface area contributed by atoms with E-state index in [1.807, 2.05) is 6.92 Å². The van der Waals surface area contributed by atoms with Crippen LogP contribution < -0.4 is 10.0 Å². The van der Waals surface area contributed by atoms with Crippen molar-refractivity contribution in [2.24, 2.45) is 5.92 Å². The summed E-state index contributed by atoms with van der Waals surface area (Å²) >= 11 is 1.46. The molecule has 0 radical (unpaired) electrons. The molecule has 0 saturated carbocycles. The normalized spacial score (nSPS) is 13.8. The molecule has 1 rings (SSSR count). The minimum absolute atomic E-state index is 0.149. The first-order valence-electron chi connectivity index (χ1n) is 6.64. The van der Waals surface area contributed by atoms with E-state index in [1.165, 1.54) is 11.3 Å². The quantitative estimate of drug-likeness (QED) is 0.728. The number of sulfonamides is 1. The lowest BCUT2D eigenvalue weighted by molar-refractivity contribution is 0.161. The lowest BCUT2D eigenvalue weighted by Gasteiger charge is -2.11. The Kier molecular flexibility index (Phi) is 7.11.